The Bertz CT molecular complexity index is 3510. The summed E-state index contributed by atoms with van der Waals surface area (Å²) in [6, 6.07) is 71.6. The lowest BCUT2D eigenvalue weighted by Gasteiger charge is -2.11. The topological polar surface area (TPSA) is 9.86 Å². The molecule has 0 spiro atoms. The molecule has 0 aliphatic rings. The van der Waals surface area contributed by atoms with Crippen LogP contribution in [0, 0.1) is 0 Å². The van der Waals surface area contributed by atoms with Gasteiger partial charge in [0.15, 0.2) is 0 Å². The fourth-order valence-corrected chi connectivity index (χ4v) is 11.9. The fraction of sp³-hybridized carbons (Fsp3) is 0. The highest BCUT2D eigenvalue weighted by atomic mass is 32.1. The summed E-state index contributed by atoms with van der Waals surface area (Å²) in [5, 5.41) is 10.5. The lowest BCUT2D eigenvalue weighted by molar-refractivity contribution is 1.19. The van der Waals surface area contributed by atoms with E-state index in [1.165, 1.54) is 118 Å². The van der Waals surface area contributed by atoms with E-state index in [1.807, 2.05) is 22.7 Å². The van der Waals surface area contributed by atoms with Gasteiger partial charge >= 0.3 is 0 Å². The maximum Gasteiger partial charge on any atom is 0.0719 e. The molecular formula is C54H32N2S2. The Morgan fingerprint density at radius 1 is 0.259 bits per heavy atom. The normalized spacial score (nSPS) is 12.1. The van der Waals surface area contributed by atoms with E-state index >= 15 is 0 Å². The molecule has 0 saturated carbocycles. The molecule has 0 saturated heterocycles. The lowest BCUT2D eigenvalue weighted by Crippen LogP contribution is -1.94. The van der Waals surface area contributed by atoms with Gasteiger partial charge in [-0.25, -0.2) is 0 Å². The van der Waals surface area contributed by atoms with Gasteiger partial charge in [0.25, 0.3) is 0 Å². The minimum atomic E-state index is 1.17. The minimum Gasteiger partial charge on any atom is -0.308 e. The summed E-state index contributed by atoms with van der Waals surface area (Å²) in [5.74, 6) is 0. The van der Waals surface area contributed by atoms with Crippen molar-refractivity contribution in [3.05, 3.63) is 194 Å². The Morgan fingerprint density at radius 2 is 0.586 bits per heavy atom. The van der Waals surface area contributed by atoms with Crippen molar-refractivity contribution in [2.45, 2.75) is 0 Å². The first kappa shape index (κ1) is 32.1. The zero-order chi connectivity index (χ0) is 37.9. The van der Waals surface area contributed by atoms with Gasteiger partial charge in [-0.2, -0.15) is 0 Å². The summed E-state index contributed by atoms with van der Waals surface area (Å²) < 4.78 is 10.3. The van der Waals surface area contributed by atoms with Crippen molar-refractivity contribution in [2.75, 3.05) is 0 Å². The molecule has 0 fully saturated rings. The van der Waals surface area contributed by atoms with Crippen LogP contribution in [0.5, 0.6) is 0 Å². The lowest BCUT2D eigenvalue weighted by atomic mass is 10.00. The molecule has 4 heteroatoms. The van der Waals surface area contributed by atoms with Crippen LogP contribution in [0.4, 0.5) is 0 Å². The van der Waals surface area contributed by atoms with Gasteiger partial charge in [0.2, 0.25) is 0 Å². The third-order valence-electron chi connectivity index (χ3n) is 12.2. The van der Waals surface area contributed by atoms with Gasteiger partial charge in [-0.3, -0.25) is 0 Å². The molecule has 270 valence electrons. The third-order valence-corrected chi connectivity index (χ3v) is 14.5. The van der Waals surface area contributed by atoms with Crippen molar-refractivity contribution in [1.82, 2.24) is 9.13 Å². The number of aromatic nitrogens is 2. The Kier molecular flexibility index (Phi) is 6.79. The van der Waals surface area contributed by atoms with Gasteiger partial charge in [0, 0.05) is 63.9 Å². The molecule has 4 aromatic heterocycles. The van der Waals surface area contributed by atoms with E-state index in [9.17, 15) is 0 Å². The van der Waals surface area contributed by atoms with Crippen LogP contribution >= 0.6 is 22.7 Å². The van der Waals surface area contributed by atoms with Crippen LogP contribution in [-0.4, -0.2) is 9.13 Å². The van der Waals surface area contributed by atoms with Gasteiger partial charge in [0.1, 0.15) is 0 Å². The number of hydrogen-bond donors (Lipinski definition) is 0. The maximum absolute atomic E-state index is 2.46. The summed E-state index contributed by atoms with van der Waals surface area (Å²) >= 11 is 3.79. The van der Waals surface area contributed by atoms with Gasteiger partial charge in [0.05, 0.1) is 31.5 Å². The van der Waals surface area contributed by atoms with Crippen molar-refractivity contribution in [3.63, 3.8) is 0 Å². The van der Waals surface area contributed by atoms with Gasteiger partial charge in [-0.15, -0.1) is 22.7 Å². The second kappa shape index (κ2) is 12.3. The van der Waals surface area contributed by atoms with Gasteiger partial charge < -0.3 is 9.13 Å². The average Bonchev–Trinajstić information content (AvgIpc) is 4.04. The zero-order valence-electron chi connectivity index (χ0n) is 31.2. The molecule has 13 rings (SSSR count). The number of hydrogen-bond acceptors (Lipinski definition) is 2. The minimum absolute atomic E-state index is 1.17. The van der Waals surface area contributed by atoms with E-state index in [2.05, 4.69) is 203 Å². The van der Waals surface area contributed by atoms with E-state index in [-0.39, 0.29) is 0 Å². The molecule has 0 aliphatic heterocycles. The molecule has 58 heavy (non-hydrogen) atoms. The molecule has 0 bridgehead atoms. The van der Waals surface area contributed by atoms with Crippen LogP contribution in [0.15, 0.2) is 194 Å². The van der Waals surface area contributed by atoms with Crippen LogP contribution in [0.2, 0.25) is 0 Å². The van der Waals surface area contributed by atoms with Crippen LogP contribution in [0.25, 0.3) is 118 Å². The first-order valence-corrected chi connectivity index (χ1v) is 21.4. The van der Waals surface area contributed by atoms with Gasteiger partial charge in [-0.05, 0) is 70.8 Å². The zero-order valence-corrected chi connectivity index (χ0v) is 32.8. The average molecular weight is 773 g/mol. The highest BCUT2D eigenvalue weighted by Crippen LogP contribution is 2.45. The largest absolute Gasteiger partial charge is 0.308 e. The number of nitrogens with zero attached hydrogens (tertiary/aromatic N) is 2. The summed E-state index contributed by atoms with van der Waals surface area (Å²) in [6.45, 7) is 0. The predicted molar refractivity (Wildman–Crippen MR) is 252 cm³/mol. The number of thiophene rings is 2. The van der Waals surface area contributed by atoms with Crippen molar-refractivity contribution in [2.24, 2.45) is 0 Å². The van der Waals surface area contributed by atoms with Crippen molar-refractivity contribution < 1.29 is 0 Å². The molecule has 0 radical (unpaired) electrons. The Morgan fingerprint density at radius 3 is 1.00 bits per heavy atom. The quantitative estimate of drug-likeness (QED) is 0.169. The summed E-state index contributed by atoms with van der Waals surface area (Å²) in [6.07, 6.45) is 0. The summed E-state index contributed by atoms with van der Waals surface area (Å²) in [7, 11) is 0. The van der Waals surface area contributed by atoms with Gasteiger partial charge in [-0.1, -0.05) is 146 Å². The first-order valence-electron chi connectivity index (χ1n) is 19.8. The van der Waals surface area contributed by atoms with E-state index in [0.717, 1.165) is 0 Å². The number of fused-ring (bicyclic) bond motifs is 14. The molecule has 2 nitrogen and oxygen atoms in total. The second-order valence-corrected chi connectivity index (χ2v) is 17.4. The Labute approximate surface area is 341 Å². The first-order chi connectivity index (χ1) is 28.8. The fourth-order valence-electron chi connectivity index (χ4n) is 9.46. The van der Waals surface area contributed by atoms with Crippen LogP contribution in [-0.2, 0) is 0 Å². The van der Waals surface area contributed by atoms with E-state index in [0.29, 0.717) is 0 Å². The maximum atomic E-state index is 2.46. The molecule has 0 N–H and O–H groups in total. The highest BCUT2D eigenvalue weighted by molar-refractivity contribution is 7.27. The molecule has 0 atom stereocenters. The van der Waals surface area contributed by atoms with E-state index < -0.39 is 0 Å². The van der Waals surface area contributed by atoms with Crippen LogP contribution in [0.1, 0.15) is 0 Å². The molecule has 0 unspecified atom stereocenters. The molecule has 0 amide bonds. The number of para-hydroxylation sites is 2. The smallest absolute Gasteiger partial charge is 0.0719 e. The molecule has 9 aromatic carbocycles. The number of rotatable bonds is 4. The Balaban J connectivity index is 0.856. The molecular weight excluding hydrogens is 741 g/mol. The Hall–Kier alpha value is -6.98. The van der Waals surface area contributed by atoms with E-state index in [4.69, 9.17) is 0 Å². The highest BCUT2D eigenvalue weighted by Gasteiger charge is 2.19. The number of benzene rings is 9. The standard InChI is InChI=1S/C54H32N2S2/c1-5-13-47-39(9-1)43-29-31-45-41-11-3-7-15-49(41)57-53(45)51(43)55(47)37-25-21-35(22-26-37)33-17-19-34(20-18-33)36-23-27-38(28-24-36)56-48-14-6-2-10-40(48)44-30-32-46-42-12-4-8-16-50(42)58-54(46)52(44)56/h1-32H. The summed E-state index contributed by atoms with van der Waals surface area (Å²) in [4.78, 5) is 0. The predicted octanol–water partition coefficient (Wildman–Crippen LogP) is 16.0. The monoisotopic (exact) mass is 772 g/mol. The molecule has 0 aliphatic carbocycles. The van der Waals surface area contributed by atoms with Crippen molar-refractivity contribution >= 4 is 107 Å². The van der Waals surface area contributed by atoms with Crippen molar-refractivity contribution in [3.8, 4) is 33.6 Å². The van der Waals surface area contributed by atoms with Crippen LogP contribution in [0.3, 0.4) is 0 Å². The van der Waals surface area contributed by atoms with E-state index in [1.54, 1.807) is 0 Å². The summed E-state index contributed by atoms with van der Waals surface area (Å²) in [5.41, 5.74) is 12.2. The third kappa shape index (κ3) is 4.58. The SMILES string of the molecule is c1ccc2c(c1)sc1c2ccc2c3ccccc3n(-c3ccc(-c4ccc(-c5ccc(-n6c7ccccc7c7ccc8c9ccccc9sc8c76)cc5)cc4)cc3)c21. The van der Waals surface area contributed by atoms with Crippen molar-refractivity contribution in [1.29, 1.82) is 0 Å². The van der Waals surface area contributed by atoms with Crippen LogP contribution < -0.4 is 0 Å². The second-order valence-electron chi connectivity index (χ2n) is 15.2. The molecule has 13 aromatic rings. The molecule has 4 heterocycles.